The molecule has 0 unspecified atom stereocenters. The molecule has 19 heavy (non-hydrogen) atoms. The molecule has 0 radical (unpaired) electrons. The van der Waals surface area contributed by atoms with E-state index in [-0.39, 0.29) is 23.5 Å². The maximum absolute atomic E-state index is 12.3. The summed E-state index contributed by atoms with van der Waals surface area (Å²) < 4.78 is 28.9. The Labute approximate surface area is 113 Å². The van der Waals surface area contributed by atoms with Crippen molar-refractivity contribution >= 4 is 10.0 Å². The maximum Gasteiger partial charge on any atom is 0.244 e. The van der Waals surface area contributed by atoms with Crippen LogP contribution in [-0.2, 0) is 17.1 Å². The number of aliphatic hydroxyl groups excluding tert-OH is 1. The highest BCUT2D eigenvalue weighted by atomic mass is 32.2. The summed E-state index contributed by atoms with van der Waals surface area (Å²) in [6.45, 7) is 1.86. The Bertz CT molecular complexity index is 538. The molecule has 2 N–H and O–H groups in total. The average molecular weight is 287 g/mol. The van der Waals surface area contributed by atoms with Gasteiger partial charge in [0.1, 0.15) is 4.90 Å². The van der Waals surface area contributed by atoms with Gasteiger partial charge in [-0.2, -0.15) is 5.10 Å². The van der Waals surface area contributed by atoms with E-state index in [0.717, 1.165) is 19.3 Å². The lowest BCUT2D eigenvalue weighted by Crippen LogP contribution is -2.39. The first-order valence-corrected chi connectivity index (χ1v) is 8.04. The zero-order valence-electron chi connectivity index (χ0n) is 11.3. The van der Waals surface area contributed by atoms with E-state index in [1.165, 1.54) is 6.20 Å². The highest BCUT2D eigenvalue weighted by molar-refractivity contribution is 7.89. The molecule has 0 bridgehead atoms. The Kier molecular flexibility index (Phi) is 4.27. The fraction of sp³-hybridized carbons (Fsp3) is 0.750. The smallest absolute Gasteiger partial charge is 0.244 e. The molecule has 0 saturated heterocycles. The zero-order chi connectivity index (χ0) is 14.0. The van der Waals surface area contributed by atoms with Crippen molar-refractivity contribution in [2.45, 2.75) is 43.5 Å². The number of hydrogen-bond acceptors (Lipinski definition) is 4. The maximum atomic E-state index is 12.3. The van der Waals surface area contributed by atoms with Crippen LogP contribution in [0.1, 0.15) is 31.4 Å². The number of aromatic nitrogens is 2. The van der Waals surface area contributed by atoms with Gasteiger partial charge >= 0.3 is 0 Å². The van der Waals surface area contributed by atoms with Gasteiger partial charge in [0.2, 0.25) is 10.0 Å². The molecular formula is C12H21N3O3S. The molecule has 1 aliphatic rings. The van der Waals surface area contributed by atoms with E-state index in [1.807, 2.05) is 0 Å². The van der Waals surface area contributed by atoms with Crippen molar-refractivity contribution in [2.24, 2.45) is 13.0 Å². The first-order chi connectivity index (χ1) is 8.94. The zero-order valence-corrected chi connectivity index (χ0v) is 12.2. The summed E-state index contributed by atoms with van der Waals surface area (Å²) in [5.74, 6) is 0.205. The van der Waals surface area contributed by atoms with Crippen LogP contribution in [0, 0.1) is 12.8 Å². The minimum Gasteiger partial charge on any atom is -0.396 e. The molecule has 2 atom stereocenters. The van der Waals surface area contributed by atoms with E-state index in [4.69, 9.17) is 0 Å². The Morgan fingerprint density at radius 3 is 2.84 bits per heavy atom. The summed E-state index contributed by atoms with van der Waals surface area (Å²) in [4.78, 5) is 0.237. The van der Waals surface area contributed by atoms with Crippen molar-refractivity contribution in [2.75, 3.05) is 6.61 Å². The molecule has 0 amide bonds. The Morgan fingerprint density at radius 2 is 2.26 bits per heavy atom. The van der Waals surface area contributed by atoms with Gasteiger partial charge in [0.25, 0.3) is 0 Å². The number of aryl methyl sites for hydroxylation is 1. The van der Waals surface area contributed by atoms with Crippen LogP contribution in [0.25, 0.3) is 0 Å². The molecule has 108 valence electrons. The van der Waals surface area contributed by atoms with Crippen molar-refractivity contribution in [1.82, 2.24) is 14.5 Å². The molecule has 0 aromatic carbocycles. The second-order valence-corrected chi connectivity index (χ2v) is 6.93. The summed E-state index contributed by atoms with van der Waals surface area (Å²) in [5, 5.41) is 13.1. The summed E-state index contributed by atoms with van der Waals surface area (Å²) in [6, 6.07) is -0.0875. The summed E-state index contributed by atoms with van der Waals surface area (Å²) in [7, 11) is -1.80. The largest absolute Gasteiger partial charge is 0.396 e. The van der Waals surface area contributed by atoms with Gasteiger partial charge in [-0.3, -0.25) is 4.68 Å². The lowest BCUT2D eigenvalue weighted by Gasteiger charge is -2.28. The van der Waals surface area contributed by atoms with E-state index >= 15 is 0 Å². The van der Waals surface area contributed by atoms with Crippen LogP contribution in [0.2, 0.25) is 0 Å². The SMILES string of the molecule is Cc1c(S(=O)(=O)N[C@@H]2CCC[C@@H](CO)C2)cnn1C. The van der Waals surface area contributed by atoms with E-state index in [9.17, 15) is 13.5 Å². The lowest BCUT2D eigenvalue weighted by molar-refractivity contribution is 0.177. The van der Waals surface area contributed by atoms with Gasteiger partial charge in [0.05, 0.1) is 11.9 Å². The van der Waals surface area contributed by atoms with Crippen LogP contribution >= 0.6 is 0 Å². The molecule has 6 nitrogen and oxygen atoms in total. The van der Waals surface area contributed by atoms with Gasteiger partial charge in [-0.1, -0.05) is 6.42 Å². The minimum atomic E-state index is -3.52. The van der Waals surface area contributed by atoms with Gasteiger partial charge in [0.15, 0.2) is 0 Å². The highest BCUT2D eigenvalue weighted by Gasteiger charge is 2.27. The van der Waals surface area contributed by atoms with Gasteiger partial charge in [-0.15, -0.1) is 0 Å². The number of rotatable bonds is 4. The molecule has 0 spiro atoms. The first kappa shape index (κ1) is 14.5. The first-order valence-electron chi connectivity index (χ1n) is 6.56. The van der Waals surface area contributed by atoms with Gasteiger partial charge in [-0.05, 0) is 32.1 Å². The quantitative estimate of drug-likeness (QED) is 0.847. The van der Waals surface area contributed by atoms with Gasteiger partial charge in [-0.25, -0.2) is 13.1 Å². The standard InChI is InChI=1S/C12H21N3O3S/c1-9-12(7-13-15(9)2)19(17,18)14-11-5-3-4-10(6-11)8-16/h7,10-11,14,16H,3-6,8H2,1-2H3/t10-,11-/m1/s1. The number of aliphatic hydroxyl groups is 1. The van der Waals surface area contributed by atoms with Gasteiger partial charge < -0.3 is 5.11 Å². The van der Waals surface area contributed by atoms with Crippen LogP contribution in [0.4, 0.5) is 0 Å². The summed E-state index contributed by atoms with van der Waals surface area (Å²) >= 11 is 0. The fourth-order valence-electron chi connectivity index (χ4n) is 2.59. The van der Waals surface area contributed by atoms with Crippen LogP contribution in [0.5, 0.6) is 0 Å². The molecule has 2 rings (SSSR count). The molecule has 1 saturated carbocycles. The van der Waals surface area contributed by atoms with Crippen LogP contribution in [0.3, 0.4) is 0 Å². The third-order valence-corrected chi connectivity index (χ3v) is 5.47. The molecule has 0 aliphatic heterocycles. The molecule has 1 heterocycles. The normalized spacial score (nSPS) is 24.6. The predicted octanol–water partition coefficient (Wildman–Crippen LogP) is 0.558. The summed E-state index contributed by atoms with van der Waals surface area (Å²) in [5.41, 5.74) is 0.627. The second kappa shape index (κ2) is 5.60. The number of nitrogens with one attached hydrogen (secondary N) is 1. The Balaban J connectivity index is 2.11. The van der Waals surface area contributed by atoms with Gasteiger partial charge in [0, 0.05) is 19.7 Å². The minimum absolute atomic E-state index is 0.0875. The Hall–Kier alpha value is -0.920. The van der Waals surface area contributed by atoms with Crippen LogP contribution in [-0.4, -0.2) is 36.0 Å². The molecule has 1 aromatic rings. The Morgan fingerprint density at radius 1 is 1.53 bits per heavy atom. The number of nitrogens with zero attached hydrogens (tertiary/aromatic N) is 2. The van der Waals surface area contributed by atoms with Crippen molar-refractivity contribution in [3.05, 3.63) is 11.9 Å². The molecule has 1 aromatic heterocycles. The van der Waals surface area contributed by atoms with Crippen molar-refractivity contribution in [3.63, 3.8) is 0 Å². The van der Waals surface area contributed by atoms with E-state index in [1.54, 1.807) is 18.7 Å². The molecule has 7 heteroatoms. The second-order valence-electron chi connectivity index (χ2n) is 5.25. The third-order valence-electron chi connectivity index (χ3n) is 3.84. The van der Waals surface area contributed by atoms with E-state index in [2.05, 4.69) is 9.82 Å². The molecule has 1 fully saturated rings. The van der Waals surface area contributed by atoms with E-state index in [0.29, 0.717) is 12.1 Å². The van der Waals surface area contributed by atoms with Crippen molar-refractivity contribution < 1.29 is 13.5 Å². The summed E-state index contributed by atoms with van der Waals surface area (Å²) in [6.07, 6.45) is 4.83. The third kappa shape index (κ3) is 3.16. The lowest BCUT2D eigenvalue weighted by atomic mass is 9.87. The number of sulfonamides is 1. The average Bonchev–Trinajstić information content (AvgIpc) is 2.70. The molecule has 1 aliphatic carbocycles. The number of hydrogen-bond donors (Lipinski definition) is 2. The van der Waals surface area contributed by atoms with Crippen molar-refractivity contribution in [3.8, 4) is 0 Å². The van der Waals surface area contributed by atoms with Crippen LogP contribution in [0.15, 0.2) is 11.1 Å². The van der Waals surface area contributed by atoms with Crippen LogP contribution < -0.4 is 4.72 Å². The fourth-order valence-corrected chi connectivity index (χ4v) is 4.08. The van der Waals surface area contributed by atoms with E-state index < -0.39 is 10.0 Å². The van der Waals surface area contributed by atoms with Crippen molar-refractivity contribution in [1.29, 1.82) is 0 Å². The topological polar surface area (TPSA) is 84.2 Å². The monoisotopic (exact) mass is 287 g/mol. The highest BCUT2D eigenvalue weighted by Crippen LogP contribution is 2.25. The predicted molar refractivity (Wildman–Crippen MR) is 71.1 cm³/mol. The molecular weight excluding hydrogens is 266 g/mol.